The molecule has 0 radical (unpaired) electrons. The lowest BCUT2D eigenvalue weighted by atomic mass is 10.1. The van der Waals surface area contributed by atoms with Crippen LogP contribution in [0.2, 0.25) is 0 Å². The maximum absolute atomic E-state index is 12.4. The molecule has 0 spiro atoms. The summed E-state index contributed by atoms with van der Waals surface area (Å²) in [5.74, 6) is 3.50. The van der Waals surface area contributed by atoms with Gasteiger partial charge in [0.05, 0.1) is 20.8 Å². The Kier molecular flexibility index (Phi) is 7.77. The van der Waals surface area contributed by atoms with Crippen LogP contribution in [0.15, 0.2) is 47.1 Å². The van der Waals surface area contributed by atoms with Crippen LogP contribution in [-0.2, 0) is 19.6 Å². The van der Waals surface area contributed by atoms with Crippen LogP contribution >= 0.6 is 0 Å². The largest absolute Gasteiger partial charge is 0.497 e. The van der Waals surface area contributed by atoms with E-state index in [0.717, 1.165) is 34.1 Å². The van der Waals surface area contributed by atoms with Crippen molar-refractivity contribution in [1.29, 1.82) is 0 Å². The third-order valence-electron chi connectivity index (χ3n) is 5.54. The van der Waals surface area contributed by atoms with Gasteiger partial charge in [0.15, 0.2) is 17.2 Å². The number of amides is 1. The van der Waals surface area contributed by atoms with Crippen LogP contribution < -0.4 is 24.3 Å². The van der Waals surface area contributed by atoms with Gasteiger partial charge in [-0.1, -0.05) is 19.9 Å². The van der Waals surface area contributed by atoms with Crippen molar-refractivity contribution >= 4 is 5.91 Å². The molecule has 186 valence electrons. The molecule has 35 heavy (non-hydrogen) atoms. The van der Waals surface area contributed by atoms with Crippen molar-refractivity contribution in [2.45, 2.75) is 33.5 Å². The second-order valence-electron chi connectivity index (χ2n) is 8.74. The van der Waals surface area contributed by atoms with E-state index in [1.807, 2.05) is 50.2 Å². The monoisotopic (exact) mass is 481 g/mol. The standard InChI is InChI=1S/C26H31N3O6/c1-17(2)11-27-26(30)21-15-33-25(28-21)14-29(12-18-5-7-23-24(9-18)35-16-34-23)13-19-10-20(31-3)6-8-22(19)32-4/h5-10,15,17H,11-14,16H2,1-4H3,(H,27,30). The zero-order valence-electron chi connectivity index (χ0n) is 20.5. The molecule has 0 bridgehead atoms. The molecule has 2 heterocycles. The summed E-state index contributed by atoms with van der Waals surface area (Å²) in [6.45, 7) is 6.37. The number of hydrogen-bond donors (Lipinski definition) is 1. The minimum atomic E-state index is -0.245. The summed E-state index contributed by atoms with van der Waals surface area (Å²) in [5, 5.41) is 2.87. The summed E-state index contributed by atoms with van der Waals surface area (Å²) < 4.78 is 27.6. The highest BCUT2D eigenvalue weighted by atomic mass is 16.7. The van der Waals surface area contributed by atoms with E-state index < -0.39 is 0 Å². The molecule has 9 nitrogen and oxygen atoms in total. The minimum Gasteiger partial charge on any atom is -0.497 e. The molecule has 4 rings (SSSR count). The van der Waals surface area contributed by atoms with E-state index in [-0.39, 0.29) is 18.4 Å². The van der Waals surface area contributed by atoms with Crippen LogP contribution in [0, 0.1) is 5.92 Å². The average Bonchev–Trinajstić information content (AvgIpc) is 3.51. The number of aromatic nitrogens is 1. The Morgan fingerprint density at radius 2 is 1.89 bits per heavy atom. The van der Waals surface area contributed by atoms with Gasteiger partial charge in [-0.25, -0.2) is 4.98 Å². The molecule has 2 aromatic carbocycles. The zero-order chi connectivity index (χ0) is 24.8. The number of carbonyl (C=O) groups excluding carboxylic acids is 1. The molecule has 0 aliphatic carbocycles. The lowest BCUT2D eigenvalue weighted by molar-refractivity contribution is 0.0944. The molecule has 0 unspecified atom stereocenters. The molecular formula is C26H31N3O6. The predicted molar refractivity (Wildman–Crippen MR) is 129 cm³/mol. The molecule has 0 atom stereocenters. The summed E-state index contributed by atoms with van der Waals surface area (Å²) in [5.41, 5.74) is 2.26. The van der Waals surface area contributed by atoms with Crippen molar-refractivity contribution in [2.24, 2.45) is 5.92 Å². The third-order valence-corrected chi connectivity index (χ3v) is 5.54. The van der Waals surface area contributed by atoms with Crippen molar-refractivity contribution < 1.29 is 28.2 Å². The lowest BCUT2D eigenvalue weighted by Crippen LogP contribution is -2.27. The van der Waals surface area contributed by atoms with Crippen molar-refractivity contribution in [3.05, 3.63) is 65.4 Å². The van der Waals surface area contributed by atoms with E-state index in [9.17, 15) is 4.79 Å². The summed E-state index contributed by atoms with van der Waals surface area (Å²) in [4.78, 5) is 19.0. The zero-order valence-corrected chi connectivity index (χ0v) is 20.5. The molecule has 1 amide bonds. The van der Waals surface area contributed by atoms with E-state index in [4.69, 9.17) is 23.4 Å². The molecule has 0 saturated heterocycles. The Balaban J connectivity index is 1.55. The first-order valence-electron chi connectivity index (χ1n) is 11.5. The number of nitrogens with one attached hydrogen (secondary N) is 1. The smallest absolute Gasteiger partial charge is 0.273 e. The third kappa shape index (κ3) is 6.24. The Bertz CT molecular complexity index is 1160. The van der Waals surface area contributed by atoms with Gasteiger partial charge in [0.1, 0.15) is 17.8 Å². The number of nitrogens with zero attached hydrogens (tertiary/aromatic N) is 2. The number of methoxy groups -OCH3 is 2. The van der Waals surface area contributed by atoms with Crippen LogP contribution in [0.25, 0.3) is 0 Å². The van der Waals surface area contributed by atoms with Crippen LogP contribution in [0.3, 0.4) is 0 Å². The minimum absolute atomic E-state index is 0.224. The SMILES string of the molecule is COc1ccc(OC)c(CN(Cc2ccc3c(c2)OCO3)Cc2nc(C(=O)NCC(C)C)co2)c1. The highest BCUT2D eigenvalue weighted by Gasteiger charge is 2.19. The predicted octanol–water partition coefficient (Wildman–Crippen LogP) is 4.01. The van der Waals surface area contributed by atoms with Gasteiger partial charge < -0.3 is 28.7 Å². The Morgan fingerprint density at radius 3 is 2.66 bits per heavy atom. The molecule has 1 aliphatic rings. The highest BCUT2D eigenvalue weighted by Crippen LogP contribution is 2.33. The fourth-order valence-corrected chi connectivity index (χ4v) is 3.78. The van der Waals surface area contributed by atoms with Gasteiger partial charge in [0.25, 0.3) is 5.91 Å². The van der Waals surface area contributed by atoms with Crippen LogP contribution in [0.5, 0.6) is 23.0 Å². The van der Waals surface area contributed by atoms with E-state index in [1.54, 1.807) is 14.2 Å². The fourth-order valence-electron chi connectivity index (χ4n) is 3.78. The van der Waals surface area contributed by atoms with Gasteiger partial charge in [-0.15, -0.1) is 0 Å². The first-order chi connectivity index (χ1) is 16.9. The van der Waals surface area contributed by atoms with Gasteiger partial charge in [-0.3, -0.25) is 9.69 Å². The summed E-state index contributed by atoms with van der Waals surface area (Å²) >= 11 is 0. The highest BCUT2D eigenvalue weighted by molar-refractivity contribution is 5.91. The maximum atomic E-state index is 12.4. The van der Waals surface area contributed by atoms with Gasteiger partial charge in [-0.05, 0) is 41.8 Å². The number of rotatable bonds is 11. The van der Waals surface area contributed by atoms with E-state index in [1.165, 1.54) is 6.26 Å². The number of carbonyl (C=O) groups is 1. The maximum Gasteiger partial charge on any atom is 0.273 e. The Labute approximate surface area is 204 Å². The summed E-state index contributed by atoms with van der Waals surface area (Å²) in [6.07, 6.45) is 1.40. The molecule has 3 aromatic rings. The average molecular weight is 482 g/mol. The molecule has 0 fully saturated rings. The number of hydrogen-bond acceptors (Lipinski definition) is 8. The number of fused-ring (bicyclic) bond motifs is 1. The first-order valence-corrected chi connectivity index (χ1v) is 11.5. The number of benzene rings is 2. The van der Waals surface area contributed by atoms with E-state index in [2.05, 4.69) is 15.2 Å². The van der Waals surface area contributed by atoms with E-state index >= 15 is 0 Å². The Morgan fingerprint density at radius 1 is 1.06 bits per heavy atom. The summed E-state index contributed by atoms with van der Waals surface area (Å²) in [6, 6.07) is 11.6. The molecule has 1 N–H and O–H groups in total. The first kappa shape index (κ1) is 24.4. The van der Waals surface area contributed by atoms with Gasteiger partial charge in [-0.2, -0.15) is 0 Å². The van der Waals surface area contributed by atoms with Gasteiger partial charge in [0.2, 0.25) is 12.7 Å². The van der Waals surface area contributed by atoms with Gasteiger partial charge >= 0.3 is 0 Å². The lowest BCUT2D eigenvalue weighted by Gasteiger charge is -2.22. The van der Waals surface area contributed by atoms with Crippen LogP contribution in [0.4, 0.5) is 0 Å². The van der Waals surface area contributed by atoms with Crippen molar-refractivity contribution in [2.75, 3.05) is 27.6 Å². The summed E-state index contributed by atoms with van der Waals surface area (Å²) in [7, 11) is 3.28. The molecule has 1 aromatic heterocycles. The number of ether oxygens (including phenoxy) is 4. The molecule has 0 saturated carbocycles. The fraction of sp³-hybridized carbons (Fsp3) is 0.385. The van der Waals surface area contributed by atoms with Crippen molar-refractivity contribution in [3.63, 3.8) is 0 Å². The number of oxazole rings is 1. The van der Waals surface area contributed by atoms with Crippen LogP contribution in [-0.4, -0.2) is 43.3 Å². The second kappa shape index (κ2) is 11.1. The normalized spacial score (nSPS) is 12.3. The van der Waals surface area contributed by atoms with Gasteiger partial charge in [0, 0.05) is 25.2 Å². The molecule has 9 heteroatoms. The molecular weight excluding hydrogens is 450 g/mol. The molecule has 1 aliphatic heterocycles. The second-order valence-corrected chi connectivity index (χ2v) is 8.74. The van der Waals surface area contributed by atoms with Crippen molar-refractivity contribution in [3.8, 4) is 23.0 Å². The topological polar surface area (TPSA) is 95.3 Å². The Hall–Kier alpha value is -3.72. The van der Waals surface area contributed by atoms with E-state index in [0.29, 0.717) is 38.0 Å². The van der Waals surface area contributed by atoms with Crippen molar-refractivity contribution in [1.82, 2.24) is 15.2 Å². The van der Waals surface area contributed by atoms with Crippen LogP contribution in [0.1, 0.15) is 41.4 Å². The quantitative estimate of drug-likeness (QED) is 0.439.